The zero-order chi connectivity index (χ0) is 9.30. The third kappa shape index (κ3) is 1.55. The highest BCUT2D eigenvalue weighted by Crippen LogP contribution is 2.27. The molecule has 0 saturated heterocycles. The van der Waals surface area contributed by atoms with Crippen LogP contribution in [0.5, 0.6) is 0 Å². The summed E-state index contributed by atoms with van der Waals surface area (Å²) in [5.74, 6) is -0.769. The molecule has 0 aromatic heterocycles. The molecular formula is C8H6ClF3. The van der Waals surface area contributed by atoms with Crippen molar-refractivity contribution in [2.45, 2.75) is 13.3 Å². The van der Waals surface area contributed by atoms with Crippen LogP contribution in [0.15, 0.2) is 12.1 Å². The smallest absolute Gasteiger partial charge is 0.205 e. The Kier molecular flexibility index (Phi) is 2.62. The first-order valence-electron chi connectivity index (χ1n) is 3.26. The first-order chi connectivity index (χ1) is 5.54. The van der Waals surface area contributed by atoms with Crippen molar-refractivity contribution in [1.29, 1.82) is 0 Å². The van der Waals surface area contributed by atoms with Crippen LogP contribution in [0.25, 0.3) is 0 Å². The molecule has 0 spiro atoms. The lowest BCUT2D eigenvalue weighted by Crippen LogP contribution is -1.93. The van der Waals surface area contributed by atoms with Crippen LogP contribution in [-0.4, -0.2) is 0 Å². The fourth-order valence-corrected chi connectivity index (χ4v) is 1.11. The van der Waals surface area contributed by atoms with Crippen molar-refractivity contribution in [2.24, 2.45) is 0 Å². The van der Waals surface area contributed by atoms with E-state index in [-0.39, 0.29) is 16.1 Å². The Labute approximate surface area is 73.0 Å². The van der Waals surface area contributed by atoms with Crippen LogP contribution in [-0.2, 0) is 0 Å². The quantitative estimate of drug-likeness (QED) is 0.639. The maximum absolute atomic E-state index is 12.9. The summed E-state index contributed by atoms with van der Waals surface area (Å²) in [6, 6.07) is 2.26. The van der Waals surface area contributed by atoms with Crippen LogP contribution in [0.1, 0.15) is 17.6 Å². The number of rotatable bonds is 1. The molecule has 0 heterocycles. The molecule has 0 unspecified atom stereocenters. The normalized spacial score (nSPS) is 10.8. The summed E-state index contributed by atoms with van der Waals surface area (Å²) >= 11 is 5.37. The zero-order valence-corrected chi connectivity index (χ0v) is 7.00. The van der Waals surface area contributed by atoms with Crippen molar-refractivity contribution in [1.82, 2.24) is 0 Å². The van der Waals surface area contributed by atoms with E-state index in [9.17, 15) is 13.2 Å². The van der Waals surface area contributed by atoms with Gasteiger partial charge in [-0.1, -0.05) is 17.7 Å². The van der Waals surface area contributed by atoms with E-state index in [0.717, 1.165) is 12.1 Å². The van der Waals surface area contributed by atoms with Crippen molar-refractivity contribution in [3.63, 3.8) is 0 Å². The highest BCUT2D eigenvalue weighted by atomic mass is 35.5. The van der Waals surface area contributed by atoms with Crippen molar-refractivity contribution in [3.8, 4) is 0 Å². The van der Waals surface area contributed by atoms with Gasteiger partial charge in [-0.3, -0.25) is 0 Å². The third-order valence-corrected chi connectivity index (χ3v) is 1.91. The van der Waals surface area contributed by atoms with Gasteiger partial charge in [0.05, 0.1) is 5.02 Å². The summed E-state index contributed by atoms with van der Waals surface area (Å²) in [6.45, 7) is 1.28. The Morgan fingerprint density at radius 2 is 1.92 bits per heavy atom. The maximum atomic E-state index is 12.9. The van der Waals surface area contributed by atoms with Gasteiger partial charge >= 0.3 is 0 Å². The first kappa shape index (κ1) is 9.39. The van der Waals surface area contributed by atoms with Crippen molar-refractivity contribution in [3.05, 3.63) is 34.1 Å². The molecular weight excluding hydrogens is 189 g/mol. The molecule has 66 valence electrons. The van der Waals surface area contributed by atoms with Crippen molar-refractivity contribution < 1.29 is 13.2 Å². The Bertz CT molecular complexity index is 297. The summed E-state index contributed by atoms with van der Waals surface area (Å²) in [6.07, 6.45) is -2.66. The average molecular weight is 195 g/mol. The van der Waals surface area contributed by atoms with Crippen LogP contribution >= 0.6 is 11.6 Å². The van der Waals surface area contributed by atoms with E-state index in [1.807, 2.05) is 0 Å². The van der Waals surface area contributed by atoms with Gasteiger partial charge in [0.25, 0.3) is 6.43 Å². The molecule has 0 amide bonds. The highest BCUT2D eigenvalue weighted by molar-refractivity contribution is 6.30. The number of hydrogen-bond acceptors (Lipinski definition) is 0. The topological polar surface area (TPSA) is 0 Å². The van der Waals surface area contributed by atoms with E-state index in [0.29, 0.717) is 0 Å². The second kappa shape index (κ2) is 3.35. The van der Waals surface area contributed by atoms with Gasteiger partial charge in [0.1, 0.15) is 5.82 Å². The minimum Gasteiger partial charge on any atom is -0.205 e. The Balaban J connectivity index is 3.27. The second-order valence-electron chi connectivity index (χ2n) is 2.38. The maximum Gasteiger partial charge on any atom is 0.264 e. The molecule has 0 N–H and O–H groups in total. The largest absolute Gasteiger partial charge is 0.264 e. The van der Waals surface area contributed by atoms with Gasteiger partial charge in [-0.25, -0.2) is 13.2 Å². The van der Waals surface area contributed by atoms with Gasteiger partial charge < -0.3 is 0 Å². The molecule has 0 atom stereocenters. The minimum atomic E-state index is -2.66. The molecule has 0 saturated carbocycles. The number of hydrogen-bond donors (Lipinski definition) is 0. The summed E-state index contributed by atoms with van der Waals surface area (Å²) in [7, 11) is 0. The molecule has 0 bridgehead atoms. The average Bonchev–Trinajstić information content (AvgIpc) is 2.00. The molecule has 0 fully saturated rings. The number of alkyl halides is 2. The Hall–Kier alpha value is -0.700. The van der Waals surface area contributed by atoms with E-state index in [4.69, 9.17) is 11.6 Å². The lowest BCUT2D eigenvalue weighted by molar-refractivity contribution is 0.150. The third-order valence-electron chi connectivity index (χ3n) is 1.62. The second-order valence-corrected chi connectivity index (χ2v) is 2.78. The summed E-state index contributed by atoms with van der Waals surface area (Å²) < 4.78 is 37.1. The predicted molar refractivity (Wildman–Crippen MR) is 41.1 cm³/mol. The number of benzene rings is 1. The van der Waals surface area contributed by atoms with Gasteiger partial charge in [0, 0.05) is 5.56 Å². The molecule has 1 aromatic carbocycles. The monoisotopic (exact) mass is 194 g/mol. The van der Waals surface area contributed by atoms with Crippen molar-refractivity contribution in [2.75, 3.05) is 0 Å². The highest BCUT2D eigenvalue weighted by Gasteiger charge is 2.14. The predicted octanol–water partition coefficient (Wildman–Crippen LogP) is 3.73. The van der Waals surface area contributed by atoms with Crippen LogP contribution < -0.4 is 0 Å². The fourth-order valence-electron chi connectivity index (χ4n) is 0.903. The van der Waals surface area contributed by atoms with E-state index in [1.54, 1.807) is 0 Å². The first-order valence-corrected chi connectivity index (χ1v) is 3.64. The van der Waals surface area contributed by atoms with Crippen LogP contribution in [0.2, 0.25) is 5.02 Å². The molecule has 12 heavy (non-hydrogen) atoms. The Morgan fingerprint density at radius 1 is 1.33 bits per heavy atom. The van der Waals surface area contributed by atoms with Gasteiger partial charge in [-0.15, -0.1) is 0 Å². The lowest BCUT2D eigenvalue weighted by atomic mass is 10.1. The molecule has 0 radical (unpaired) electrons. The molecule has 0 nitrogen and oxygen atoms in total. The van der Waals surface area contributed by atoms with Crippen LogP contribution in [0, 0.1) is 12.7 Å². The zero-order valence-electron chi connectivity index (χ0n) is 6.24. The number of halogens is 4. The van der Waals surface area contributed by atoms with E-state index in [2.05, 4.69) is 0 Å². The molecule has 0 aliphatic heterocycles. The standard InChI is InChI=1S/C8H6ClF3/c1-4-5(8(11)12)2-3-6(9)7(4)10/h2-3,8H,1H3. The fraction of sp³-hybridized carbons (Fsp3) is 0.250. The van der Waals surface area contributed by atoms with E-state index in [1.165, 1.54) is 6.92 Å². The summed E-state index contributed by atoms with van der Waals surface area (Å²) in [4.78, 5) is 0. The minimum absolute atomic E-state index is 0.0856. The van der Waals surface area contributed by atoms with Gasteiger partial charge in [0.15, 0.2) is 0 Å². The van der Waals surface area contributed by atoms with Gasteiger partial charge in [-0.2, -0.15) is 0 Å². The molecule has 1 rings (SSSR count). The van der Waals surface area contributed by atoms with Gasteiger partial charge in [-0.05, 0) is 18.6 Å². The summed E-state index contributed by atoms with van der Waals surface area (Å²) in [5.41, 5.74) is -0.394. The van der Waals surface area contributed by atoms with E-state index >= 15 is 0 Å². The SMILES string of the molecule is Cc1c(C(F)F)ccc(Cl)c1F. The van der Waals surface area contributed by atoms with Crippen LogP contribution in [0.4, 0.5) is 13.2 Å². The van der Waals surface area contributed by atoms with Gasteiger partial charge in [0.2, 0.25) is 0 Å². The van der Waals surface area contributed by atoms with Crippen LogP contribution in [0.3, 0.4) is 0 Å². The van der Waals surface area contributed by atoms with E-state index < -0.39 is 12.2 Å². The van der Waals surface area contributed by atoms with Crippen molar-refractivity contribution >= 4 is 11.6 Å². The molecule has 0 aliphatic carbocycles. The lowest BCUT2D eigenvalue weighted by Gasteiger charge is -2.05. The molecule has 1 aromatic rings. The Morgan fingerprint density at radius 3 is 2.42 bits per heavy atom. The molecule has 4 heteroatoms. The molecule has 0 aliphatic rings. The summed E-state index contributed by atoms with van der Waals surface area (Å²) in [5, 5.41) is -0.128.